The number of hydrogen-bond donors (Lipinski definition) is 1. The first-order valence-electron chi connectivity index (χ1n) is 3.35. The van der Waals surface area contributed by atoms with E-state index in [-0.39, 0.29) is 6.73 Å². The van der Waals surface area contributed by atoms with Gasteiger partial charge in [0.05, 0.1) is 0 Å². The maximum atomic E-state index is 10.3. The lowest BCUT2D eigenvalue weighted by Gasteiger charge is -2.28. The molecule has 1 fully saturated rings. The molecule has 1 aliphatic heterocycles. The van der Waals surface area contributed by atoms with Crippen molar-refractivity contribution in [1.29, 1.82) is 0 Å². The monoisotopic (exact) mass is 130 g/mol. The van der Waals surface area contributed by atoms with Gasteiger partial charge in [-0.25, -0.2) is 5.11 Å². The van der Waals surface area contributed by atoms with Crippen LogP contribution in [0.15, 0.2) is 0 Å². The zero-order chi connectivity index (χ0) is 6.69. The van der Waals surface area contributed by atoms with E-state index in [0.29, 0.717) is 0 Å². The maximum Gasteiger partial charge on any atom is 0.137 e. The number of likely N-dealkylation sites (tertiary alicyclic amines) is 1. The SMILES string of the molecule is [O]CN1CCCCC1O. The van der Waals surface area contributed by atoms with E-state index in [2.05, 4.69) is 0 Å². The summed E-state index contributed by atoms with van der Waals surface area (Å²) >= 11 is 0. The Morgan fingerprint density at radius 2 is 2.33 bits per heavy atom. The summed E-state index contributed by atoms with van der Waals surface area (Å²) in [6, 6.07) is 0. The molecule has 0 spiro atoms. The molecule has 0 aliphatic carbocycles. The largest absolute Gasteiger partial charge is 0.378 e. The standard InChI is InChI=1S/C6H12NO2/c8-5-7-4-2-1-3-6(7)9/h6,9H,1-5H2. The zero-order valence-corrected chi connectivity index (χ0v) is 5.42. The molecule has 1 radical (unpaired) electrons. The highest BCUT2D eigenvalue weighted by Gasteiger charge is 2.18. The van der Waals surface area contributed by atoms with E-state index in [0.717, 1.165) is 25.8 Å². The van der Waals surface area contributed by atoms with Crippen LogP contribution in [0.4, 0.5) is 0 Å². The Morgan fingerprint density at radius 3 is 2.78 bits per heavy atom. The lowest BCUT2D eigenvalue weighted by molar-refractivity contribution is -0.0855. The molecule has 0 bridgehead atoms. The zero-order valence-electron chi connectivity index (χ0n) is 5.42. The van der Waals surface area contributed by atoms with Crippen molar-refractivity contribution in [2.45, 2.75) is 25.5 Å². The Bertz CT molecular complexity index is 87.1. The molecule has 1 atom stereocenters. The van der Waals surface area contributed by atoms with Gasteiger partial charge in [0.1, 0.15) is 13.0 Å². The highest BCUT2D eigenvalue weighted by atomic mass is 16.3. The van der Waals surface area contributed by atoms with E-state index >= 15 is 0 Å². The van der Waals surface area contributed by atoms with Crippen LogP contribution in [0.1, 0.15) is 19.3 Å². The predicted octanol–water partition coefficient (Wildman–Crippen LogP) is 0.179. The molecule has 0 amide bonds. The highest BCUT2D eigenvalue weighted by Crippen LogP contribution is 2.12. The minimum absolute atomic E-state index is 0.263. The number of aliphatic hydroxyl groups is 1. The average Bonchev–Trinajstić information content (AvgIpc) is 1.89. The average molecular weight is 130 g/mol. The minimum Gasteiger partial charge on any atom is -0.378 e. The van der Waals surface area contributed by atoms with E-state index in [9.17, 15) is 5.11 Å². The van der Waals surface area contributed by atoms with Crippen LogP contribution in [0.5, 0.6) is 0 Å². The summed E-state index contributed by atoms with van der Waals surface area (Å²) in [7, 11) is 0. The molecule has 1 unspecified atom stereocenters. The third-order valence-electron chi connectivity index (χ3n) is 1.74. The van der Waals surface area contributed by atoms with Gasteiger partial charge in [-0.3, -0.25) is 4.90 Å². The second-order valence-corrected chi connectivity index (χ2v) is 2.42. The molecule has 1 saturated heterocycles. The first kappa shape index (κ1) is 6.99. The van der Waals surface area contributed by atoms with Gasteiger partial charge in [0, 0.05) is 6.54 Å². The van der Waals surface area contributed by atoms with Crippen molar-refractivity contribution >= 4 is 0 Å². The molecule has 3 heteroatoms. The number of hydrogen-bond acceptors (Lipinski definition) is 2. The smallest absolute Gasteiger partial charge is 0.137 e. The van der Waals surface area contributed by atoms with Crippen molar-refractivity contribution in [3.8, 4) is 0 Å². The molecule has 53 valence electrons. The van der Waals surface area contributed by atoms with E-state index in [1.165, 1.54) is 0 Å². The Hall–Kier alpha value is -0.120. The fourth-order valence-corrected chi connectivity index (χ4v) is 1.12. The van der Waals surface area contributed by atoms with Gasteiger partial charge >= 0.3 is 0 Å². The number of aliphatic hydroxyl groups excluding tert-OH is 1. The molecular formula is C6H12NO2. The van der Waals surface area contributed by atoms with Gasteiger partial charge in [0.15, 0.2) is 0 Å². The fraction of sp³-hybridized carbons (Fsp3) is 1.00. The lowest BCUT2D eigenvalue weighted by Crippen LogP contribution is -2.39. The predicted molar refractivity (Wildman–Crippen MR) is 32.1 cm³/mol. The van der Waals surface area contributed by atoms with Crippen molar-refractivity contribution in [2.24, 2.45) is 0 Å². The molecular weight excluding hydrogens is 118 g/mol. The van der Waals surface area contributed by atoms with Crippen LogP contribution in [0, 0.1) is 0 Å². The molecule has 0 aromatic heterocycles. The Morgan fingerprint density at radius 1 is 1.56 bits per heavy atom. The molecule has 3 nitrogen and oxygen atoms in total. The third kappa shape index (κ3) is 1.64. The van der Waals surface area contributed by atoms with Crippen molar-refractivity contribution in [2.75, 3.05) is 13.3 Å². The third-order valence-corrected chi connectivity index (χ3v) is 1.74. The van der Waals surface area contributed by atoms with Gasteiger partial charge in [-0.1, -0.05) is 0 Å². The van der Waals surface area contributed by atoms with E-state index in [1.807, 2.05) is 0 Å². The summed E-state index contributed by atoms with van der Waals surface area (Å²) in [5.41, 5.74) is 0. The summed E-state index contributed by atoms with van der Waals surface area (Å²) in [6.07, 6.45) is 2.41. The number of rotatable bonds is 1. The van der Waals surface area contributed by atoms with Crippen molar-refractivity contribution in [1.82, 2.24) is 4.90 Å². The van der Waals surface area contributed by atoms with E-state index < -0.39 is 6.23 Å². The van der Waals surface area contributed by atoms with Crippen LogP contribution < -0.4 is 0 Å². The summed E-state index contributed by atoms with van der Waals surface area (Å²) in [6.45, 7) is 0.506. The topological polar surface area (TPSA) is 43.4 Å². The van der Waals surface area contributed by atoms with E-state index in [4.69, 9.17) is 5.11 Å². The van der Waals surface area contributed by atoms with Crippen LogP contribution in [0.2, 0.25) is 0 Å². The Kier molecular flexibility index (Phi) is 2.45. The second kappa shape index (κ2) is 3.15. The van der Waals surface area contributed by atoms with Crippen molar-refractivity contribution < 1.29 is 10.2 Å². The summed E-state index contributed by atoms with van der Waals surface area (Å²) in [5.74, 6) is 0. The molecule has 0 saturated carbocycles. The first-order valence-corrected chi connectivity index (χ1v) is 3.35. The molecule has 1 rings (SSSR count). The molecule has 0 aromatic rings. The van der Waals surface area contributed by atoms with Gasteiger partial charge in [0.2, 0.25) is 0 Å². The van der Waals surface area contributed by atoms with Gasteiger partial charge in [-0.05, 0) is 19.3 Å². The van der Waals surface area contributed by atoms with Crippen molar-refractivity contribution in [3.05, 3.63) is 0 Å². The second-order valence-electron chi connectivity index (χ2n) is 2.42. The summed E-state index contributed by atoms with van der Waals surface area (Å²) < 4.78 is 0. The molecule has 0 aromatic carbocycles. The maximum absolute atomic E-state index is 10.3. The fourth-order valence-electron chi connectivity index (χ4n) is 1.12. The molecule has 1 heterocycles. The Labute approximate surface area is 54.9 Å². The van der Waals surface area contributed by atoms with Gasteiger partial charge in [0.25, 0.3) is 0 Å². The number of piperidine rings is 1. The van der Waals surface area contributed by atoms with Crippen molar-refractivity contribution in [3.63, 3.8) is 0 Å². The molecule has 1 aliphatic rings. The lowest BCUT2D eigenvalue weighted by atomic mass is 10.1. The van der Waals surface area contributed by atoms with E-state index in [1.54, 1.807) is 4.90 Å². The minimum atomic E-state index is -0.462. The quantitative estimate of drug-likeness (QED) is 0.550. The van der Waals surface area contributed by atoms with Crippen LogP contribution in [0.3, 0.4) is 0 Å². The van der Waals surface area contributed by atoms with Crippen LogP contribution in [-0.2, 0) is 5.11 Å². The van der Waals surface area contributed by atoms with Crippen LogP contribution in [-0.4, -0.2) is 29.5 Å². The summed E-state index contributed by atoms with van der Waals surface area (Å²) in [4.78, 5) is 1.56. The van der Waals surface area contributed by atoms with Gasteiger partial charge < -0.3 is 5.11 Å². The van der Waals surface area contributed by atoms with Gasteiger partial charge in [-0.15, -0.1) is 0 Å². The first-order chi connectivity index (χ1) is 4.34. The highest BCUT2D eigenvalue weighted by molar-refractivity contribution is 4.64. The number of nitrogens with zero attached hydrogens (tertiary/aromatic N) is 1. The van der Waals surface area contributed by atoms with Crippen LogP contribution >= 0.6 is 0 Å². The molecule has 9 heavy (non-hydrogen) atoms. The van der Waals surface area contributed by atoms with Gasteiger partial charge in [-0.2, -0.15) is 0 Å². The Balaban J connectivity index is 2.30. The van der Waals surface area contributed by atoms with Crippen LogP contribution in [0.25, 0.3) is 0 Å². The molecule has 1 N–H and O–H groups in total. The summed E-state index contributed by atoms with van der Waals surface area (Å²) in [5, 5.41) is 19.4. The normalized spacial score (nSPS) is 30.7.